The maximum absolute atomic E-state index is 3.39. The number of piperidine rings is 1. The number of nitrogens with zero attached hydrogens (tertiary/aromatic N) is 1. The summed E-state index contributed by atoms with van der Waals surface area (Å²) >= 11 is 0. The predicted molar refractivity (Wildman–Crippen MR) is 89.4 cm³/mol. The Kier molecular flexibility index (Phi) is 4.97. The summed E-state index contributed by atoms with van der Waals surface area (Å²) in [5.74, 6) is 0. The van der Waals surface area contributed by atoms with Crippen molar-refractivity contribution in [2.45, 2.75) is 51.0 Å². The summed E-state index contributed by atoms with van der Waals surface area (Å²) in [6.45, 7) is 3.61. The van der Waals surface area contributed by atoms with E-state index < -0.39 is 0 Å². The van der Waals surface area contributed by atoms with E-state index in [1.165, 1.54) is 63.6 Å². The highest BCUT2D eigenvalue weighted by atomic mass is 15.2. The molecule has 1 unspecified atom stereocenters. The number of benzene rings is 1. The van der Waals surface area contributed by atoms with Crippen molar-refractivity contribution in [3.63, 3.8) is 0 Å². The number of rotatable bonds is 4. The van der Waals surface area contributed by atoms with E-state index in [0.29, 0.717) is 11.5 Å². The van der Waals surface area contributed by atoms with Crippen molar-refractivity contribution >= 4 is 0 Å². The van der Waals surface area contributed by atoms with Crippen LogP contribution in [0.5, 0.6) is 0 Å². The molecular formula is C19H30N2. The Bertz CT molecular complexity index is 412. The standard InChI is InChI=1S/C19H30N2/c1-20-16-18(17-8-4-2-5-9-17)21-14-12-19(13-15-21)10-6-3-7-11-19/h2,4-5,8-9,18,20H,3,6-7,10-16H2,1H3. The van der Waals surface area contributed by atoms with Crippen molar-refractivity contribution in [3.8, 4) is 0 Å². The zero-order chi connectivity index (χ0) is 14.5. The van der Waals surface area contributed by atoms with Crippen molar-refractivity contribution in [3.05, 3.63) is 35.9 Å². The lowest BCUT2D eigenvalue weighted by Crippen LogP contribution is -2.44. The lowest BCUT2D eigenvalue weighted by Gasteiger charge is -2.46. The number of likely N-dealkylation sites (N-methyl/N-ethyl adjacent to an activating group) is 1. The molecule has 0 amide bonds. The summed E-state index contributed by atoms with van der Waals surface area (Å²) < 4.78 is 0. The molecule has 1 heterocycles. The van der Waals surface area contributed by atoms with E-state index in [1.807, 2.05) is 0 Å². The Hall–Kier alpha value is -0.860. The normalized spacial score (nSPS) is 24.0. The summed E-state index contributed by atoms with van der Waals surface area (Å²) in [5.41, 5.74) is 2.17. The van der Waals surface area contributed by atoms with Crippen molar-refractivity contribution in [2.24, 2.45) is 5.41 Å². The van der Waals surface area contributed by atoms with E-state index in [1.54, 1.807) is 0 Å². The van der Waals surface area contributed by atoms with Gasteiger partial charge in [0.2, 0.25) is 0 Å². The number of hydrogen-bond donors (Lipinski definition) is 1. The Morgan fingerprint density at radius 3 is 2.29 bits per heavy atom. The molecule has 2 nitrogen and oxygen atoms in total. The monoisotopic (exact) mass is 286 g/mol. The van der Waals surface area contributed by atoms with Crippen LogP contribution >= 0.6 is 0 Å². The smallest absolute Gasteiger partial charge is 0.0472 e. The van der Waals surface area contributed by atoms with E-state index in [4.69, 9.17) is 0 Å². The molecule has 1 aromatic rings. The fourth-order valence-corrected chi connectivity index (χ4v) is 4.44. The van der Waals surface area contributed by atoms with Gasteiger partial charge in [-0.05, 0) is 56.8 Å². The molecule has 1 spiro atoms. The van der Waals surface area contributed by atoms with Crippen LogP contribution in [-0.4, -0.2) is 31.6 Å². The SMILES string of the molecule is CNCC(c1ccccc1)N1CCC2(CCCCC2)CC1. The van der Waals surface area contributed by atoms with Crippen LogP contribution in [0.1, 0.15) is 56.6 Å². The van der Waals surface area contributed by atoms with E-state index >= 15 is 0 Å². The molecule has 3 rings (SSSR count). The fourth-order valence-electron chi connectivity index (χ4n) is 4.44. The van der Waals surface area contributed by atoms with Crippen LogP contribution in [0.2, 0.25) is 0 Å². The molecule has 0 aromatic heterocycles. The molecule has 1 N–H and O–H groups in total. The third kappa shape index (κ3) is 3.49. The van der Waals surface area contributed by atoms with Gasteiger partial charge in [0, 0.05) is 12.6 Å². The molecule has 21 heavy (non-hydrogen) atoms. The second-order valence-corrected chi connectivity index (χ2v) is 7.08. The Labute approximate surface area is 129 Å². The van der Waals surface area contributed by atoms with E-state index in [9.17, 15) is 0 Å². The van der Waals surface area contributed by atoms with Crippen molar-refractivity contribution in [1.82, 2.24) is 10.2 Å². The molecule has 1 atom stereocenters. The molecule has 2 heteroatoms. The average Bonchev–Trinajstić information content (AvgIpc) is 2.55. The first kappa shape index (κ1) is 15.1. The second-order valence-electron chi connectivity index (χ2n) is 7.08. The van der Waals surface area contributed by atoms with Crippen molar-refractivity contribution < 1.29 is 0 Å². The molecule has 1 saturated carbocycles. The minimum absolute atomic E-state index is 0.539. The summed E-state index contributed by atoms with van der Waals surface area (Å²) in [4.78, 5) is 2.71. The van der Waals surface area contributed by atoms with Crippen LogP contribution in [0.15, 0.2) is 30.3 Å². The third-order valence-electron chi connectivity index (χ3n) is 5.80. The maximum atomic E-state index is 3.39. The van der Waals surface area contributed by atoms with Gasteiger partial charge in [0.1, 0.15) is 0 Å². The van der Waals surface area contributed by atoms with Crippen LogP contribution < -0.4 is 5.32 Å². The highest BCUT2D eigenvalue weighted by molar-refractivity contribution is 5.19. The van der Waals surface area contributed by atoms with Crippen molar-refractivity contribution in [2.75, 3.05) is 26.7 Å². The Morgan fingerprint density at radius 2 is 1.67 bits per heavy atom. The zero-order valence-corrected chi connectivity index (χ0v) is 13.5. The molecule has 0 radical (unpaired) electrons. The predicted octanol–water partition coefficient (Wildman–Crippen LogP) is 3.99. The largest absolute Gasteiger partial charge is 0.318 e. The first-order valence-corrected chi connectivity index (χ1v) is 8.77. The topological polar surface area (TPSA) is 15.3 Å². The Balaban J connectivity index is 1.66. The molecule has 2 fully saturated rings. The van der Waals surface area contributed by atoms with Gasteiger partial charge in [0.15, 0.2) is 0 Å². The molecule has 1 saturated heterocycles. The van der Waals surface area contributed by atoms with Crippen LogP contribution in [0.25, 0.3) is 0 Å². The molecule has 1 aromatic carbocycles. The molecule has 1 aliphatic carbocycles. The zero-order valence-electron chi connectivity index (χ0n) is 13.5. The van der Waals surface area contributed by atoms with Gasteiger partial charge >= 0.3 is 0 Å². The van der Waals surface area contributed by atoms with E-state index in [-0.39, 0.29) is 0 Å². The lowest BCUT2D eigenvalue weighted by atomic mass is 9.68. The lowest BCUT2D eigenvalue weighted by molar-refractivity contribution is 0.0448. The van der Waals surface area contributed by atoms with Gasteiger partial charge < -0.3 is 5.32 Å². The minimum Gasteiger partial charge on any atom is -0.318 e. The first-order valence-electron chi connectivity index (χ1n) is 8.77. The fraction of sp³-hybridized carbons (Fsp3) is 0.684. The highest BCUT2D eigenvalue weighted by Gasteiger charge is 2.37. The first-order chi connectivity index (χ1) is 10.3. The van der Waals surface area contributed by atoms with Gasteiger partial charge in [0.05, 0.1) is 0 Å². The van der Waals surface area contributed by atoms with Gasteiger partial charge in [0.25, 0.3) is 0 Å². The molecule has 116 valence electrons. The number of hydrogen-bond acceptors (Lipinski definition) is 2. The minimum atomic E-state index is 0.539. The van der Waals surface area contributed by atoms with Gasteiger partial charge in [-0.1, -0.05) is 49.6 Å². The molecule has 1 aliphatic heterocycles. The maximum Gasteiger partial charge on any atom is 0.0472 e. The van der Waals surface area contributed by atoms with Gasteiger partial charge in [-0.25, -0.2) is 0 Å². The highest BCUT2D eigenvalue weighted by Crippen LogP contribution is 2.45. The summed E-state index contributed by atoms with van der Waals surface area (Å²) in [6.07, 6.45) is 10.2. The number of likely N-dealkylation sites (tertiary alicyclic amines) is 1. The van der Waals surface area contributed by atoms with Crippen LogP contribution in [-0.2, 0) is 0 Å². The number of nitrogens with one attached hydrogen (secondary N) is 1. The summed E-state index contributed by atoms with van der Waals surface area (Å²) in [5, 5.41) is 3.39. The van der Waals surface area contributed by atoms with Crippen LogP contribution in [0.3, 0.4) is 0 Å². The van der Waals surface area contributed by atoms with Crippen LogP contribution in [0.4, 0.5) is 0 Å². The van der Waals surface area contributed by atoms with Gasteiger partial charge in [-0.15, -0.1) is 0 Å². The van der Waals surface area contributed by atoms with Crippen molar-refractivity contribution in [1.29, 1.82) is 0 Å². The Morgan fingerprint density at radius 1 is 1.00 bits per heavy atom. The van der Waals surface area contributed by atoms with Gasteiger partial charge in [-0.3, -0.25) is 4.90 Å². The third-order valence-corrected chi connectivity index (χ3v) is 5.80. The molecule has 0 bridgehead atoms. The van der Waals surface area contributed by atoms with Gasteiger partial charge in [-0.2, -0.15) is 0 Å². The average molecular weight is 286 g/mol. The molecular weight excluding hydrogens is 256 g/mol. The molecule has 2 aliphatic rings. The quantitative estimate of drug-likeness (QED) is 0.900. The second kappa shape index (κ2) is 6.93. The van der Waals surface area contributed by atoms with E-state index in [0.717, 1.165) is 6.54 Å². The van der Waals surface area contributed by atoms with Crippen LogP contribution in [0, 0.1) is 5.41 Å². The summed E-state index contributed by atoms with van der Waals surface area (Å²) in [7, 11) is 2.07. The summed E-state index contributed by atoms with van der Waals surface area (Å²) in [6, 6.07) is 11.6. The van der Waals surface area contributed by atoms with E-state index in [2.05, 4.69) is 47.6 Å².